The molecule has 5 rings (SSSR count). The van der Waals surface area contributed by atoms with Crippen molar-refractivity contribution >= 4 is 16.9 Å². The summed E-state index contributed by atoms with van der Waals surface area (Å²) < 4.78 is 17.6. The molecule has 136 valence electrons. The minimum absolute atomic E-state index is 0.211. The third-order valence-corrected chi connectivity index (χ3v) is 4.81. The van der Waals surface area contributed by atoms with Crippen LogP contribution in [0.3, 0.4) is 0 Å². The van der Waals surface area contributed by atoms with Crippen molar-refractivity contribution in [2.75, 3.05) is 18.5 Å². The first kappa shape index (κ1) is 16.1. The SMILES string of the molecule is c1ccc(-c2oc3ncnc(NCC4CCCO4)c3c2-c2ccco2)cc1. The Morgan fingerprint density at radius 2 is 2.00 bits per heavy atom. The quantitative estimate of drug-likeness (QED) is 0.553. The molecule has 4 heterocycles. The predicted molar refractivity (Wildman–Crippen MR) is 102 cm³/mol. The number of anilines is 1. The Balaban J connectivity index is 1.65. The van der Waals surface area contributed by atoms with E-state index in [1.165, 1.54) is 6.33 Å². The fourth-order valence-electron chi connectivity index (χ4n) is 3.53. The van der Waals surface area contributed by atoms with Gasteiger partial charge in [-0.25, -0.2) is 9.97 Å². The molecular weight excluding hydrogens is 342 g/mol. The molecule has 6 heteroatoms. The van der Waals surface area contributed by atoms with Crippen molar-refractivity contribution in [1.82, 2.24) is 9.97 Å². The molecule has 1 aliphatic rings. The highest BCUT2D eigenvalue weighted by atomic mass is 16.5. The van der Waals surface area contributed by atoms with Crippen molar-refractivity contribution in [3.8, 4) is 22.6 Å². The van der Waals surface area contributed by atoms with E-state index in [1.807, 2.05) is 42.5 Å². The third-order valence-electron chi connectivity index (χ3n) is 4.81. The number of furan rings is 2. The van der Waals surface area contributed by atoms with E-state index in [1.54, 1.807) is 6.26 Å². The Hall–Kier alpha value is -3.12. The fraction of sp³-hybridized carbons (Fsp3) is 0.238. The Morgan fingerprint density at radius 1 is 1.07 bits per heavy atom. The van der Waals surface area contributed by atoms with Gasteiger partial charge in [-0.1, -0.05) is 30.3 Å². The van der Waals surface area contributed by atoms with Crippen LogP contribution >= 0.6 is 0 Å². The maximum atomic E-state index is 6.14. The lowest BCUT2D eigenvalue weighted by atomic mass is 10.0. The number of aromatic nitrogens is 2. The van der Waals surface area contributed by atoms with Gasteiger partial charge in [0.2, 0.25) is 5.71 Å². The molecule has 1 N–H and O–H groups in total. The van der Waals surface area contributed by atoms with Crippen LogP contribution in [0.5, 0.6) is 0 Å². The van der Waals surface area contributed by atoms with Gasteiger partial charge in [0, 0.05) is 18.7 Å². The van der Waals surface area contributed by atoms with E-state index in [0.29, 0.717) is 12.3 Å². The van der Waals surface area contributed by atoms with Gasteiger partial charge in [0.1, 0.15) is 23.7 Å². The number of nitrogens with zero attached hydrogens (tertiary/aromatic N) is 2. The van der Waals surface area contributed by atoms with Crippen LogP contribution in [-0.2, 0) is 4.74 Å². The van der Waals surface area contributed by atoms with E-state index < -0.39 is 0 Å². The van der Waals surface area contributed by atoms with E-state index >= 15 is 0 Å². The van der Waals surface area contributed by atoms with Crippen LogP contribution in [0.2, 0.25) is 0 Å². The number of hydrogen-bond acceptors (Lipinski definition) is 6. The zero-order valence-electron chi connectivity index (χ0n) is 14.7. The standard InChI is InChI=1S/C21H19N3O3/c1-2-6-14(7-3-1)19-17(16-9-5-11-26-16)18-20(23-13-24-21(18)27-19)22-12-15-8-4-10-25-15/h1-3,5-7,9,11,13,15H,4,8,10,12H2,(H,22,23,24). The lowest BCUT2D eigenvalue weighted by molar-refractivity contribution is 0.120. The smallest absolute Gasteiger partial charge is 0.232 e. The van der Waals surface area contributed by atoms with Gasteiger partial charge in [-0.2, -0.15) is 0 Å². The Labute approximate surface area is 156 Å². The fourth-order valence-corrected chi connectivity index (χ4v) is 3.53. The zero-order valence-corrected chi connectivity index (χ0v) is 14.7. The molecule has 1 atom stereocenters. The average molecular weight is 361 g/mol. The van der Waals surface area contributed by atoms with Crippen LogP contribution in [0.4, 0.5) is 5.82 Å². The second-order valence-electron chi connectivity index (χ2n) is 6.57. The zero-order chi connectivity index (χ0) is 18.1. The van der Waals surface area contributed by atoms with Gasteiger partial charge in [0.25, 0.3) is 0 Å². The summed E-state index contributed by atoms with van der Waals surface area (Å²) in [6, 6.07) is 13.8. The highest BCUT2D eigenvalue weighted by Gasteiger charge is 2.24. The first-order chi connectivity index (χ1) is 13.4. The number of nitrogens with one attached hydrogen (secondary N) is 1. The minimum atomic E-state index is 0.211. The summed E-state index contributed by atoms with van der Waals surface area (Å²) in [6.45, 7) is 1.53. The molecule has 1 fully saturated rings. The van der Waals surface area contributed by atoms with Crippen LogP contribution in [0, 0.1) is 0 Å². The molecular formula is C21H19N3O3. The van der Waals surface area contributed by atoms with E-state index in [2.05, 4.69) is 15.3 Å². The van der Waals surface area contributed by atoms with E-state index in [0.717, 1.165) is 53.3 Å². The van der Waals surface area contributed by atoms with Crippen LogP contribution < -0.4 is 5.32 Å². The van der Waals surface area contributed by atoms with Crippen molar-refractivity contribution in [2.45, 2.75) is 18.9 Å². The van der Waals surface area contributed by atoms with Gasteiger partial charge >= 0.3 is 0 Å². The Kier molecular flexibility index (Phi) is 4.10. The topological polar surface area (TPSA) is 73.3 Å². The van der Waals surface area contributed by atoms with Gasteiger partial charge in [-0.3, -0.25) is 0 Å². The number of rotatable bonds is 5. The second-order valence-corrected chi connectivity index (χ2v) is 6.57. The molecule has 3 aromatic heterocycles. The van der Waals surface area contributed by atoms with Crippen molar-refractivity contribution in [1.29, 1.82) is 0 Å². The molecule has 6 nitrogen and oxygen atoms in total. The third kappa shape index (κ3) is 2.98. The van der Waals surface area contributed by atoms with Gasteiger partial charge < -0.3 is 18.9 Å². The van der Waals surface area contributed by atoms with Crippen molar-refractivity contribution in [3.05, 3.63) is 55.1 Å². The molecule has 0 radical (unpaired) electrons. The van der Waals surface area contributed by atoms with Crippen molar-refractivity contribution < 1.29 is 13.6 Å². The van der Waals surface area contributed by atoms with Crippen molar-refractivity contribution in [3.63, 3.8) is 0 Å². The van der Waals surface area contributed by atoms with Crippen LogP contribution in [0.25, 0.3) is 33.7 Å². The highest BCUT2D eigenvalue weighted by molar-refractivity contribution is 6.04. The summed E-state index contributed by atoms with van der Waals surface area (Å²) in [5.74, 6) is 2.18. The van der Waals surface area contributed by atoms with Gasteiger partial charge in [0.05, 0.1) is 23.3 Å². The molecule has 0 bridgehead atoms. The summed E-state index contributed by atoms with van der Waals surface area (Å²) in [7, 11) is 0. The molecule has 0 amide bonds. The first-order valence-electron chi connectivity index (χ1n) is 9.12. The summed E-state index contributed by atoms with van der Waals surface area (Å²) >= 11 is 0. The summed E-state index contributed by atoms with van der Waals surface area (Å²) in [5.41, 5.74) is 2.36. The van der Waals surface area contributed by atoms with Crippen molar-refractivity contribution in [2.24, 2.45) is 0 Å². The lowest BCUT2D eigenvalue weighted by Crippen LogP contribution is -2.19. The maximum Gasteiger partial charge on any atom is 0.232 e. The normalized spacial score (nSPS) is 16.8. The molecule has 0 aliphatic carbocycles. The molecule has 1 aromatic carbocycles. The number of fused-ring (bicyclic) bond motifs is 1. The molecule has 1 aliphatic heterocycles. The first-order valence-corrected chi connectivity index (χ1v) is 9.12. The molecule has 4 aromatic rings. The highest BCUT2D eigenvalue weighted by Crippen LogP contribution is 2.42. The van der Waals surface area contributed by atoms with Gasteiger partial charge in [-0.05, 0) is 25.0 Å². The number of hydrogen-bond donors (Lipinski definition) is 1. The monoisotopic (exact) mass is 361 g/mol. The van der Waals surface area contributed by atoms with Gasteiger partial charge in [0.15, 0.2) is 0 Å². The van der Waals surface area contributed by atoms with E-state index in [4.69, 9.17) is 13.6 Å². The lowest BCUT2D eigenvalue weighted by Gasteiger charge is -2.11. The summed E-state index contributed by atoms with van der Waals surface area (Å²) in [5, 5.41) is 4.24. The Bertz CT molecular complexity index is 1040. The van der Waals surface area contributed by atoms with E-state index in [-0.39, 0.29) is 6.10 Å². The van der Waals surface area contributed by atoms with Crippen LogP contribution in [0.15, 0.2) is 63.9 Å². The van der Waals surface area contributed by atoms with Crippen LogP contribution in [0.1, 0.15) is 12.8 Å². The molecule has 1 saturated heterocycles. The molecule has 27 heavy (non-hydrogen) atoms. The molecule has 0 spiro atoms. The predicted octanol–water partition coefficient (Wildman–Crippen LogP) is 4.74. The summed E-state index contributed by atoms with van der Waals surface area (Å²) in [4.78, 5) is 8.81. The van der Waals surface area contributed by atoms with Crippen LogP contribution in [-0.4, -0.2) is 29.2 Å². The minimum Gasteiger partial charge on any atom is -0.464 e. The summed E-state index contributed by atoms with van der Waals surface area (Å²) in [6.07, 6.45) is 5.55. The number of ether oxygens (including phenoxy) is 1. The maximum absolute atomic E-state index is 6.14. The largest absolute Gasteiger partial charge is 0.464 e. The second kappa shape index (κ2) is 6.89. The van der Waals surface area contributed by atoms with E-state index in [9.17, 15) is 0 Å². The molecule has 1 unspecified atom stereocenters. The molecule has 0 saturated carbocycles. The Morgan fingerprint density at radius 3 is 2.78 bits per heavy atom. The van der Waals surface area contributed by atoms with Gasteiger partial charge in [-0.15, -0.1) is 0 Å². The number of benzene rings is 1. The average Bonchev–Trinajstić information content (AvgIpc) is 3.47.